The van der Waals surface area contributed by atoms with Gasteiger partial charge in [0.25, 0.3) is 5.56 Å². The van der Waals surface area contributed by atoms with E-state index in [1.807, 2.05) is 36.4 Å². The fourth-order valence-electron chi connectivity index (χ4n) is 5.39. The number of halogens is 1. The second-order valence-electron chi connectivity index (χ2n) is 9.49. The molecule has 3 heterocycles. The van der Waals surface area contributed by atoms with Crippen LogP contribution in [0.25, 0.3) is 11.0 Å². The Kier molecular flexibility index (Phi) is 6.15. The molecule has 1 saturated heterocycles. The Balaban J connectivity index is 1.34. The summed E-state index contributed by atoms with van der Waals surface area (Å²) >= 11 is 3.38. The van der Waals surface area contributed by atoms with E-state index >= 15 is 0 Å². The third kappa shape index (κ3) is 4.24. The lowest BCUT2D eigenvalue weighted by Gasteiger charge is -2.26. The molecule has 1 atom stereocenters. The van der Waals surface area contributed by atoms with Crippen LogP contribution in [0.15, 0.2) is 70.1 Å². The van der Waals surface area contributed by atoms with Gasteiger partial charge in [-0.15, -0.1) is 0 Å². The van der Waals surface area contributed by atoms with E-state index in [9.17, 15) is 9.59 Å². The monoisotopic (exact) mass is 543 g/mol. The van der Waals surface area contributed by atoms with E-state index < -0.39 is 6.04 Å². The average molecular weight is 544 g/mol. The number of fused-ring (bicyclic) bond motifs is 2. The minimum Gasteiger partial charge on any atom is -0.324 e. The summed E-state index contributed by atoms with van der Waals surface area (Å²) in [4.78, 5) is 35.9. The molecule has 1 aliphatic heterocycles. The first kappa shape index (κ1) is 23.1. The predicted octanol–water partition coefficient (Wildman–Crippen LogP) is 5.13. The molecule has 6 rings (SSSR count). The third-order valence-corrected chi connectivity index (χ3v) is 7.86. The summed E-state index contributed by atoms with van der Waals surface area (Å²) < 4.78 is 1.92. The SMILES string of the molecule is O=C1c2ccccc2CCC1n1c(=O)c(Br)cc2cnc(Nc3ccc(C4CCNCC4)cc3)nc21. The number of piperidine rings is 1. The lowest BCUT2D eigenvalue weighted by atomic mass is 9.87. The van der Waals surface area contributed by atoms with Crippen LogP contribution in [0.2, 0.25) is 0 Å². The summed E-state index contributed by atoms with van der Waals surface area (Å²) in [5, 5.41) is 7.37. The van der Waals surface area contributed by atoms with Crippen LogP contribution in [0, 0.1) is 0 Å². The molecule has 0 bridgehead atoms. The van der Waals surface area contributed by atoms with Crippen LogP contribution in [0.1, 0.15) is 52.7 Å². The van der Waals surface area contributed by atoms with Crippen molar-refractivity contribution in [3.63, 3.8) is 0 Å². The number of aryl methyl sites for hydroxylation is 1. The van der Waals surface area contributed by atoms with E-state index in [0.717, 1.165) is 43.6 Å². The first-order valence-corrected chi connectivity index (χ1v) is 13.2. The minimum atomic E-state index is -0.612. The number of rotatable bonds is 4. The van der Waals surface area contributed by atoms with Gasteiger partial charge in [0.05, 0.1) is 4.47 Å². The molecule has 2 N–H and O–H groups in total. The van der Waals surface area contributed by atoms with E-state index in [1.54, 1.807) is 12.3 Å². The molecule has 0 saturated carbocycles. The molecule has 1 unspecified atom stereocenters. The van der Waals surface area contributed by atoms with Crippen LogP contribution in [0.3, 0.4) is 0 Å². The number of ketones is 1. The van der Waals surface area contributed by atoms with Crippen molar-refractivity contribution in [3.8, 4) is 0 Å². The van der Waals surface area contributed by atoms with Crippen LogP contribution >= 0.6 is 15.9 Å². The molecule has 7 nitrogen and oxygen atoms in total. The molecular weight excluding hydrogens is 518 g/mol. The highest BCUT2D eigenvalue weighted by atomic mass is 79.9. The molecule has 1 aliphatic carbocycles. The number of nitrogens with zero attached hydrogens (tertiary/aromatic N) is 3. The maximum Gasteiger partial charge on any atom is 0.267 e. The number of nitrogens with one attached hydrogen (secondary N) is 2. The van der Waals surface area contributed by atoms with Crippen molar-refractivity contribution in [2.24, 2.45) is 0 Å². The molecule has 2 aliphatic rings. The third-order valence-electron chi connectivity index (χ3n) is 7.29. The molecule has 182 valence electrons. The molecule has 36 heavy (non-hydrogen) atoms. The van der Waals surface area contributed by atoms with Crippen LogP contribution in [0.4, 0.5) is 11.6 Å². The summed E-state index contributed by atoms with van der Waals surface area (Å²) in [6, 6.07) is 17.1. The smallest absolute Gasteiger partial charge is 0.267 e. The highest BCUT2D eigenvalue weighted by molar-refractivity contribution is 9.10. The van der Waals surface area contributed by atoms with Gasteiger partial charge in [-0.1, -0.05) is 36.4 Å². The number of carbonyl (C=O) groups excluding carboxylic acids is 1. The second kappa shape index (κ2) is 9.59. The van der Waals surface area contributed by atoms with E-state index in [1.165, 1.54) is 10.1 Å². The lowest BCUT2D eigenvalue weighted by Crippen LogP contribution is -2.34. The van der Waals surface area contributed by atoms with Crippen molar-refractivity contribution in [1.82, 2.24) is 19.9 Å². The molecule has 4 aromatic rings. The fraction of sp³-hybridized carbons (Fsp3) is 0.286. The van der Waals surface area contributed by atoms with E-state index in [-0.39, 0.29) is 11.3 Å². The van der Waals surface area contributed by atoms with Crippen LogP contribution < -0.4 is 16.2 Å². The summed E-state index contributed by atoms with van der Waals surface area (Å²) in [6.07, 6.45) is 5.27. The Morgan fingerprint density at radius 2 is 1.78 bits per heavy atom. The van der Waals surface area contributed by atoms with Crippen molar-refractivity contribution in [2.75, 3.05) is 18.4 Å². The van der Waals surface area contributed by atoms with E-state index in [4.69, 9.17) is 4.98 Å². The number of anilines is 2. The normalized spacial score (nSPS) is 18.2. The maximum absolute atomic E-state index is 13.4. The maximum atomic E-state index is 13.4. The van der Waals surface area contributed by atoms with E-state index in [0.29, 0.717) is 39.4 Å². The van der Waals surface area contributed by atoms with Crippen molar-refractivity contribution in [3.05, 3.63) is 92.3 Å². The highest BCUT2D eigenvalue weighted by Crippen LogP contribution is 2.31. The molecule has 8 heteroatoms. The first-order valence-electron chi connectivity index (χ1n) is 12.4. The number of hydrogen-bond donors (Lipinski definition) is 2. The van der Waals surface area contributed by atoms with Gasteiger partial charge in [0.15, 0.2) is 5.78 Å². The quantitative estimate of drug-likeness (QED) is 0.370. The van der Waals surface area contributed by atoms with Gasteiger partial charge in [0.2, 0.25) is 5.95 Å². The first-order chi connectivity index (χ1) is 17.6. The number of Topliss-reactive ketones (excluding diaryl/α,β-unsaturated/α-hetero) is 1. The van der Waals surface area contributed by atoms with Crippen molar-refractivity contribution in [1.29, 1.82) is 0 Å². The summed E-state index contributed by atoms with van der Waals surface area (Å²) in [6.45, 7) is 2.12. The number of carbonyl (C=O) groups is 1. The molecular formula is C28H26BrN5O2. The predicted molar refractivity (Wildman–Crippen MR) is 144 cm³/mol. The number of hydrogen-bond acceptors (Lipinski definition) is 6. The van der Waals surface area contributed by atoms with Gasteiger partial charge in [-0.3, -0.25) is 14.2 Å². The molecule has 1 fully saturated rings. The Morgan fingerprint density at radius 1 is 1.00 bits per heavy atom. The number of aromatic nitrogens is 3. The van der Waals surface area contributed by atoms with Gasteiger partial charge >= 0.3 is 0 Å². The Morgan fingerprint density at radius 3 is 2.58 bits per heavy atom. The summed E-state index contributed by atoms with van der Waals surface area (Å²) in [5.41, 5.74) is 4.10. The largest absolute Gasteiger partial charge is 0.324 e. The topological polar surface area (TPSA) is 88.9 Å². The van der Waals surface area contributed by atoms with Crippen molar-refractivity contribution in [2.45, 2.75) is 37.6 Å². The summed E-state index contributed by atoms with van der Waals surface area (Å²) in [5.74, 6) is 0.916. The van der Waals surface area contributed by atoms with Crippen molar-refractivity contribution >= 4 is 44.4 Å². The zero-order valence-corrected chi connectivity index (χ0v) is 21.3. The van der Waals surface area contributed by atoms with Gasteiger partial charge in [-0.05, 0) is 89.9 Å². The van der Waals surface area contributed by atoms with Crippen LogP contribution in [-0.4, -0.2) is 33.4 Å². The Hall–Kier alpha value is -3.36. The molecule has 2 aromatic carbocycles. The van der Waals surface area contributed by atoms with Gasteiger partial charge < -0.3 is 10.6 Å². The Bertz CT molecular complexity index is 1510. The van der Waals surface area contributed by atoms with Gasteiger partial charge in [0, 0.05) is 22.8 Å². The fourth-order valence-corrected chi connectivity index (χ4v) is 5.82. The summed E-state index contributed by atoms with van der Waals surface area (Å²) in [7, 11) is 0. The second-order valence-corrected chi connectivity index (χ2v) is 10.3. The standard InChI is InChI=1S/C28H26BrN5O2/c29-23-15-20-16-31-28(32-21-8-5-17(6-9-21)18-11-13-30-14-12-18)33-26(20)34(27(23)36)24-10-7-19-3-1-2-4-22(19)25(24)35/h1-6,8-9,15-16,18,24,30H,7,10-14H2,(H,31,32,33). The number of pyridine rings is 1. The van der Waals surface area contributed by atoms with Gasteiger partial charge in [-0.25, -0.2) is 4.98 Å². The zero-order valence-electron chi connectivity index (χ0n) is 19.7. The average Bonchev–Trinajstić information content (AvgIpc) is 2.92. The zero-order chi connectivity index (χ0) is 24.6. The molecule has 0 amide bonds. The van der Waals surface area contributed by atoms with Crippen molar-refractivity contribution < 1.29 is 4.79 Å². The van der Waals surface area contributed by atoms with Gasteiger partial charge in [0.1, 0.15) is 11.7 Å². The molecule has 0 spiro atoms. The molecule has 2 aromatic heterocycles. The van der Waals surface area contributed by atoms with Gasteiger partial charge in [-0.2, -0.15) is 4.98 Å². The number of benzene rings is 2. The minimum absolute atomic E-state index is 0.0556. The van der Waals surface area contributed by atoms with E-state index in [2.05, 4.69) is 43.7 Å². The Labute approximate surface area is 217 Å². The van der Waals surface area contributed by atoms with Crippen LogP contribution in [0.5, 0.6) is 0 Å². The van der Waals surface area contributed by atoms with Crippen LogP contribution in [-0.2, 0) is 6.42 Å². The molecule has 0 radical (unpaired) electrons. The highest BCUT2D eigenvalue weighted by Gasteiger charge is 2.31. The lowest BCUT2D eigenvalue weighted by molar-refractivity contribution is 0.0908.